The van der Waals surface area contributed by atoms with Crippen molar-refractivity contribution in [3.63, 3.8) is 0 Å². The first-order valence-corrected chi connectivity index (χ1v) is 7.84. The summed E-state index contributed by atoms with van der Waals surface area (Å²) in [7, 11) is 0. The summed E-state index contributed by atoms with van der Waals surface area (Å²) in [4.78, 5) is 14.3. The lowest BCUT2D eigenvalue weighted by Crippen LogP contribution is -2.44. The number of nitrogens with zero attached hydrogens (tertiary/aromatic N) is 1. The van der Waals surface area contributed by atoms with Gasteiger partial charge in [-0.25, -0.2) is 0 Å². The number of aryl methyl sites for hydroxylation is 1. The number of nitrogens with one attached hydrogen (secondary N) is 1. The average molecular weight is 290 g/mol. The fraction of sp³-hybridized carbons (Fsp3) is 0.588. The number of hydrogen-bond acceptors (Lipinski definition) is 3. The van der Waals surface area contributed by atoms with E-state index in [0.29, 0.717) is 13.1 Å². The molecule has 1 heterocycles. The van der Waals surface area contributed by atoms with E-state index >= 15 is 0 Å². The Kier molecular flexibility index (Phi) is 6.21. The molecule has 21 heavy (non-hydrogen) atoms. The first-order valence-electron chi connectivity index (χ1n) is 7.84. The molecule has 0 aromatic heterocycles. The van der Waals surface area contributed by atoms with Gasteiger partial charge in [0.05, 0.1) is 12.6 Å². The van der Waals surface area contributed by atoms with Gasteiger partial charge >= 0.3 is 0 Å². The molecule has 1 unspecified atom stereocenters. The molecule has 0 bridgehead atoms. The highest BCUT2D eigenvalue weighted by atomic mass is 16.5. The summed E-state index contributed by atoms with van der Waals surface area (Å²) in [6.45, 7) is 7.77. The van der Waals surface area contributed by atoms with Crippen molar-refractivity contribution in [2.75, 3.05) is 26.2 Å². The molecule has 4 nitrogen and oxygen atoms in total. The van der Waals surface area contributed by atoms with Gasteiger partial charge in [0.1, 0.15) is 0 Å². The molecular formula is C17H26N2O2. The van der Waals surface area contributed by atoms with Crippen LogP contribution in [-0.4, -0.2) is 43.2 Å². The van der Waals surface area contributed by atoms with Gasteiger partial charge in [0.25, 0.3) is 0 Å². The van der Waals surface area contributed by atoms with E-state index in [-0.39, 0.29) is 12.0 Å². The molecule has 2 rings (SSSR count). The number of carbonyl (C=O) groups is 1. The van der Waals surface area contributed by atoms with Gasteiger partial charge in [-0.15, -0.1) is 0 Å². The standard InChI is InChI=1S/C17H26N2O2/c1-3-21-16-9-6-10-19(12-16)13-17(20)18-11-15-8-5-4-7-14(15)2/h4-5,7-8,16H,3,6,9-13H2,1-2H3,(H,18,20). The van der Waals surface area contributed by atoms with Crippen LogP contribution in [0.25, 0.3) is 0 Å². The Balaban J connectivity index is 1.75. The molecule has 0 aliphatic carbocycles. The molecule has 1 amide bonds. The van der Waals surface area contributed by atoms with Crippen LogP contribution in [0.1, 0.15) is 30.9 Å². The number of benzene rings is 1. The smallest absolute Gasteiger partial charge is 0.234 e. The molecule has 1 fully saturated rings. The van der Waals surface area contributed by atoms with E-state index in [1.807, 2.05) is 19.1 Å². The van der Waals surface area contributed by atoms with Crippen molar-refractivity contribution in [2.24, 2.45) is 0 Å². The normalized spacial score (nSPS) is 19.4. The van der Waals surface area contributed by atoms with E-state index in [4.69, 9.17) is 4.74 Å². The van der Waals surface area contributed by atoms with Gasteiger partial charge in [-0.3, -0.25) is 9.69 Å². The monoisotopic (exact) mass is 290 g/mol. The number of ether oxygens (including phenoxy) is 1. The van der Waals surface area contributed by atoms with Gasteiger partial charge in [-0.05, 0) is 44.4 Å². The number of likely N-dealkylation sites (tertiary alicyclic amines) is 1. The van der Waals surface area contributed by atoms with Gasteiger partial charge < -0.3 is 10.1 Å². The lowest BCUT2D eigenvalue weighted by molar-refractivity contribution is -0.123. The van der Waals surface area contributed by atoms with E-state index in [9.17, 15) is 4.79 Å². The van der Waals surface area contributed by atoms with Crippen molar-refractivity contribution >= 4 is 5.91 Å². The maximum atomic E-state index is 12.1. The number of rotatable bonds is 6. The molecule has 116 valence electrons. The molecule has 1 atom stereocenters. The average Bonchev–Trinajstić information content (AvgIpc) is 2.47. The van der Waals surface area contributed by atoms with Gasteiger partial charge in [-0.2, -0.15) is 0 Å². The third-order valence-electron chi connectivity index (χ3n) is 3.97. The molecule has 1 N–H and O–H groups in total. The largest absolute Gasteiger partial charge is 0.377 e. The maximum Gasteiger partial charge on any atom is 0.234 e. The number of piperidine rings is 1. The van der Waals surface area contributed by atoms with Crippen molar-refractivity contribution in [1.29, 1.82) is 0 Å². The minimum absolute atomic E-state index is 0.0930. The highest BCUT2D eigenvalue weighted by molar-refractivity contribution is 5.78. The van der Waals surface area contributed by atoms with Crippen molar-refractivity contribution in [3.8, 4) is 0 Å². The van der Waals surface area contributed by atoms with Crippen LogP contribution in [0.15, 0.2) is 24.3 Å². The molecule has 0 saturated carbocycles. The van der Waals surface area contributed by atoms with E-state index < -0.39 is 0 Å². The Morgan fingerprint density at radius 2 is 2.24 bits per heavy atom. The van der Waals surface area contributed by atoms with Gasteiger partial charge in [0, 0.05) is 19.7 Å². The zero-order valence-corrected chi connectivity index (χ0v) is 13.1. The summed E-state index contributed by atoms with van der Waals surface area (Å²) < 4.78 is 5.67. The predicted octanol–water partition coefficient (Wildman–Crippen LogP) is 2.11. The molecule has 1 aromatic carbocycles. The topological polar surface area (TPSA) is 41.6 Å². The summed E-state index contributed by atoms with van der Waals surface area (Å²) in [5.41, 5.74) is 2.39. The molecule has 0 radical (unpaired) electrons. The van der Waals surface area contributed by atoms with Crippen LogP contribution in [0, 0.1) is 6.92 Å². The highest BCUT2D eigenvalue weighted by Crippen LogP contribution is 2.12. The van der Waals surface area contributed by atoms with E-state index in [1.54, 1.807) is 0 Å². The zero-order valence-electron chi connectivity index (χ0n) is 13.1. The van der Waals surface area contributed by atoms with Gasteiger partial charge in [0.2, 0.25) is 5.91 Å². The van der Waals surface area contributed by atoms with Crippen LogP contribution in [0.5, 0.6) is 0 Å². The van der Waals surface area contributed by atoms with Crippen LogP contribution in [0.3, 0.4) is 0 Å². The minimum atomic E-state index is 0.0930. The van der Waals surface area contributed by atoms with Crippen LogP contribution >= 0.6 is 0 Å². The first-order chi connectivity index (χ1) is 10.2. The Labute approximate surface area is 127 Å². The predicted molar refractivity (Wildman–Crippen MR) is 84.1 cm³/mol. The van der Waals surface area contributed by atoms with Crippen molar-refractivity contribution in [3.05, 3.63) is 35.4 Å². The Morgan fingerprint density at radius 1 is 1.43 bits per heavy atom. The Hall–Kier alpha value is -1.39. The van der Waals surface area contributed by atoms with E-state index in [2.05, 4.69) is 29.3 Å². The van der Waals surface area contributed by atoms with Gasteiger partial charge in [0.15, 0.2) is 0 Å². The molecule has 1 aliphatic rings. The summed E-state index contributed by atoms with van der Waals surface area (Å²) >= 11 is 0. The van der Waals surface area contributed by atoms with Crippen molar-refractivity contribution in [2.45, 2.75) is 39.3 Å². The number of amides is 1. The number of hydrogen-bond donors (Lipinski definition) is 1. The fourth-order valence-electron chi connectivity index (χ4n) is 2.79. The molecule has 0 spiro atoms. The second kappa shape index (κ2) is 8.15. The van der Waals surface area contributed by atoms with Crippen LogP contribution in [0.4, 0.5) is 0 Å². The highest BCUT2D eigenvalue weighted by Gasteiger charge is 2.21. The lowest BCUT2D eigenvalue weighted by atomic mass is 10.1. The SMILES string of the molecule is CCOC1CCCN(CC(=O)NCc2ccccc2C)C1. The molecular weight excluding hydrogens is 264 g/mol. The number of carbonyl (C=O) groups excluding carboxylic acids is 1. The maximum absolute atomic E-state index is 12.1. The lowest BCUT2D eigenvalue weighted by Gasteiger charge is -2.31. The van der Waals surface area contributed by atoms with Crippen LogP contribution in [-0.2, 0) is 16.1 Å². The summed E-state index contributed by atoms with van der Waals surface area (Å²) in [6.07, 6.45) is 2.50. The van der Waals surface area contributed by atoms with E-state index in [0.717, 1.165) is 32.5 Å². The molecule has 1 saturated heterocycles. The second-order valence-electron chi connectivity index (χ2n) is 5.66. The zero-order chi connectivity index (χ0) is 15.1. The quantitative estimate of drug-likeness (QED) is 0.872. The Bertz CT molecular complexity index is 460. The summed E-state index contributed by atoms with van der Waals surface area (Å²) in [5.74, 6) is 0.0930. The second-order valence-corrected chi connectivity index (χ2v) is 5.66. The molecule has 1 aliphatic heterocycles. The third-order valence-corrected chi connectivity index (χ3v) is 3.97. The van der Waals surface area contributed by atoms with Gasteiger partial charge in [-0.1, -0.05) is 24.3 Å². The first kappa shape index (κ1) is 16.0. The minimum Gasteiger partial charge on any atom is -0.377 e. The van der Waals surface area contributed by atoms with Crippen molar-refractivity contribution < 1.29 is 9.53 Å². The molecule has 1 aromatic rings. The van der Waals surface area contributed by atoms with E-state index in [1.165, 1.54) is 11.1 Å². The fourth-order valence-corrected chi connectivity index (χ4v) is 2.79. The third kappa shape index (κ3) is 5.14. The molecule has 4 heteroatoms. The van der Waals surface area contributed by atoms with Crippen LogP contribution in [0.2, 0.25) is 0 Å². The van der Waals surface area contributed by atoms with Crippen LogP contribution < -0.4 is 5.32 Å². The van der Waals surface area contributed by atoms with Crippen molar-refractivity contribution in [1.82, 2.24) is 10.2 Å². The Morgan fingerprint density at radius 3 is 3.00 bits per heavy atom. The summed E-state index contributed by atoms with van der Waals surface area (Å²) in [6, 6.07) is 8.15. The summed E-state index contributed by atoms with van der Waals surface area (Å²) in [5, 5.41) is 3.01.